The molecule has 0 aliphatic heterocycles. The molecule has 1 aromatic heterocycles. The van der Waals surface area contributed by atoms with Crippen molar-refractivity contribution in [2.24, 2.45) is 0 Å². The van der Waals surface area contributed by atoms with Gasteiger partial charge in [0.1, 0.15) is 29.2 Å². The summed E-state index contributed by atoms with van der Waals surface area (Å²) in [7, 11) is 0. The second-order valence-corrected chi connectivity index (χ2v) is 8.15. The third-order valence-electron chi connectivity index (χ3n) is 5.77. The van der Waals surface area contributed by atoms with Crippen LogP contribution < -0.4 is 10.1 Å². The molecular weight excluding hydrogens is 445 g/mol. The van der Waals surface area contributed by atoms with E-state index in [9.17, 15) is 19.6 Å². The Labute approximate surface area is 202 Å². The van der Waals surface area contributed by atoms with Gasteiger partial charge >= 0.3 is 5.97 Å². The second kappa shape index (κ2) is 9.82. The first-order valence-electron chi connectivity index (χ1n) is 11.2. The normalized spacial score (nSPS) is 11.6. The highest BCUT2D eigenvalue weighted by atomic mass is 19.1. The highest BCUT2D eigenvalue weighted by Crippen LogP contribution is 2.38. The van der Waals surface area contributed by atoms with Crippen molar-refractivity contribution in [1.29, 1.82) is 5.26 Å². The fraction of sp³-hybridized carbons (Fsp3) is 0.179. The lowest BCUT2D eigenvalue weighted by Crippen LogP contribution is -2.26. The van der Waals surface area contributed by atoms with Crippen LogP contribution in [0.4, 0.5) is 10.1 Å². The Morgan fingerprint density at radius 3 is 2.63 bits per heavy atom. The Balaban J connectivity index is 1.91. The molecule has 0 spiro atoms. The number of para-hydroxylation sites is 1. The molecule has 0 saturated carbocycles. The van der Waals surface area contributed by atoms with Crippen LogP contribution in [-0.2, 0) is 4.79 Å². The molecule has 1 atom stereocenters. The molecule has 3 aromatic carbocycles. The predicted molar refractivity (Wildman–Crippen MR) is 134 cm³/mol. The Kier molecular flexibility index (Phi) is 6.65. The van der Waals surface area contributed by atoms with Crippen molar-refractivity contribution >= 4 is 22.6 Å². The van der Waals surface area contributed by atoms with Crippen LogP contribution in [0.15, 0.2) is 60.7 Å². The van der Waals surface area contributed by atoms with E-state index in [-0.39, 0.29) is 11.3 Å². The van der Waals surface area contributed by atoms with Crippen molar-refractivity contribution < 1.29 is 19.0 Å². The van der Waals surface area contributed by atoms with Crippen LogP contribution in [0.25, 0.3) is 33.3 Å². The Bertz CT molecular complexity index is 1480. The maximum atomic E-state index is 14.1. The molecule has 0 aliphatic rings. The number of rotatable bonds is 7. The zero-order chi connectivity index (χ0) is 25.1. The van der Waals surface area contributed by atoms with Crippen LogP contribution in [0.3, 0.4) is 0 Å². The van der Waals surface area contributed by atoms with Crippen LogP contribution in [0.5, 0.6) is 5.75 Å². The fourth-order valence-electron chi connectivity index (χ4n) is 4.05. The average Bonchev–Trinajstić information content (AvgIpc) is 2.84. The minimum Gasteiger partial charge on any atom is -0.493 e. The molecule has 0 amide bonds. The zero-order valence-electron chi connectivity index (χ0n) is 19.6. The molecule has 4 aromatic rings. The second-order valence-electron chi connectivity index (χ2n) is 8.15. The van der Waals surface area contributed by atoms with Crippen molar-refractivity contribution in [2.45, 2.75) is 26.8 Å². The van der Waals surface area contributed by atoms with Crippen molar-refractivity contribution in [3.63, 3.8) is 0 Å². The van der Waals surface area contributed by atoms with E-state index in [1.807, 2.05) is 56.3 Å². The van der Waals surface area contributed by atoms with Crippen molar-refractivity contribution in [2.75, 3.05) is 11.9 Å². The zero-order valence-corrected chi connectivity index (χ0v) is 19.6. The van der Waals surface area contributed by atoms with E-state index in [2.05, 4.69) is 16.4 Å². The quantitative estimate of drug-likeness (QED) is 0.336. The summed E-state index contributed by atoms with van der Waals surface area (Å²) in [5.41, 5.74) is 4.74. The minimum absolute atomic E-state index is 0.154. The minimum atomic E-state index is -1.09. The number of aromatic nitrogens is 1. The number of benzene rings is 3. The molecule has 0 saturated heterocycles. The highest BCUT2D eigenvalue weighted by molar-refractivity contribution is 5.99. The third-order valence-corrected chi connectivity index (χ3v) is 5.77. The van der Waals surface area contributed by atoms with Gasteiger partial charge in [0.05, 0.1) is 23.5 Å². The number of hydrogen-bond acceptors (Lipinski definition) is 5. The summed E-state index contributed by atoms with van der Waals surface area (Å²) < 4.78 is 19.8. The molecule has 1 heterocycles. The summed E-state index contributed by atoms with van der Waals surface area (Å²) in [6.45, 7) is 5.87. The van der Waals surface area contributed by atoms with Gasteiger partial charge < -0.3 is 15.2 Å². The largest absolute Gasteiger partial charge is 0.493 e. The summed E-state index contributed by atoms with van der Waals surface area (Å²) in [4.78, 5) is 16.2. The number of carbonyl (C=O) groups is 1. The Morgan fingerprint density at radius 2 is 1.94 bits per heavy atom. The molecule has 0 radical (unpaired) electrons. The molecule has 176 valence electrons. The average molecular weight is 470 g/mol. The molecule has 7 heteroatoms. The van der Waals surface area contributed by atoms with Crippen LogP contribution in [0, 0.1) is 24.1 Å². The standard InChI is InChI=1S/C28H24FN3O3/c1-4-35-25-8-6-5-7-21(25)18-9-11-20(16(2)13-18)26-23(15-30)27(31-17(3)28(33)34)22-14-19(29)10-12-24(22)32-26/h5-14,17H,4H2,1-3H3,(H,31,32)(H,33,34)/t17-/m1/s1. The van der Waals surface area contributed by atoms with Gasteiger partial charge in [-0.2, -0.15) is 5.26 Å². The Morgan fingerprint density at radius 1 is 1.17 bits per heavy atom. The first-order valence-corrected chi connectivity index (χ1v) is 11.2. The van der Waals surface area contributed by atoms with Gasteiger partial charge in [-0.1, -0.05) is 36.4 Å². The number of aliphatic carboxylic acids is 1. The lowest BCUT2D eigenvalue weighted by Gasteiger charge is -2.18. The fourth-order valence-corrected chi connectivity index (χ4v) is 4.05. The number of nitriles is 1. The summed E-state index contributed by atoms with van der Waals surface area (Å²) in [6, 6.07) is 18.8. The van der Waals surface area contributed by atoms with Gasteiger partial charge in [-0.3, -0.25) is 4.79 Å². The molecule has 0 unspecified atom stereocenters. The smallest absolute Gasteiger partial charge is 0.325 e. The number of nitrogens with zero attached hydrogens (tertiary/aromatic N) is 2. The van der Waals surface area contributed by atoms with Gasteiger partial charge in [-0.05, 0) is 56.2 Å². The van der Waals surface area contributed by atoms with Gasteiger partial charge in [-0.25, -0.2) is 9.37 Å². The number of anilines is 1. The number of hydrogen-bond donors (Lipinski definition) is 2. The van der Waals surface area contributed by atoms with Gasteiger partial charge in [0.15, 0.2) is 0 Å². The van der Waals surface area contributed by atoms with E-state index in [1.54, 1.807) is 0 Å². The van der Waals surface area contributed by atoms with Gasteiger partial charge in [0.2, 0.25) is 0 Å². The monoisotopic (exact) mass is 469 g/mol. The Hall–Kier alpha value is -4.44. The molecule has 35 heavy (non-hydrogen) atoms. The van der Waals surface area contributed by atoms with E-state index in [1.165, 1.54) is 25.1 Å². The summed E-state index contributed by atoms with van der Waals surface area (Å²) in [6.07, 6.45) is 0. The lowest BCUT2D eigenvalue weighted by atomic mass is 9.94. The maximum absolute atomic E-state index is 14.1. The number of halogens is 1. The number of carboxylic acids is 1. The molecule has 0 fully saturated rings. The van der Waals surface area contributed by atoms with E-state index in [0.29, 0.717) is 23.2 Å². The van der Waals surface area contributed by atoms with Gasteiger partial charge in [0.25, 0.3) is 0 Å². The summed E-state index contributed by atoms with van der Waals surface area (Å²) in [5.74, 6) is -0.819. The summed E-state index contributed by atoms with van der Waals surface area (Å²) in [5, 5.41) is 22.7. The van der Waals surface area contributed by atoms with E-state index >= 15 is 0 Å². The number of fused-ring (bicyclic) bond motifs is 1. The van der Waals surface area contributed by atoms with Crippen LogP contribution in [0.2, 0.25) is 0 Å². The highest BCUT2D eigenvalue weighted by Gasteiger charge is 2.22. The third kappa shape index (κ3) is 4.64. The summed E-state index contributed by atoms with van der Waals surface area (Å²) >= 11 is 0. The van der Waals surface area contributed by atoms with Crippen LogP contribution in [0.1, 0.15) is 25.0 Å². The molecule has 4 rings (SSSR count). The number of nitrogens with one attached hydrogen (secondary N) is 1. The van der Waals surface area contributed by atoms with Gasteiger partial charge in [-0.15, -0.1) is 0 Å². The van der Waals surface area contributed by atoms with Gasteiger partial charge in [0, 0.05) is 16.5 Å². The van der Waals surface area contributed by atoms with E-state index in [4.69, 9.17) is 4.74 Å². The number of ether oxygens (including phenoxy) is 1. The number of pyridine rings is 1. The molecule has 6 nitrogen and oxygen atoms in total. The molecule has 2 N–H and O–H groups in total. The lowest BCUT2D eigenvalue weighted by molar-refractivity contribution is -0.137. The topological polar surface area (TPSA) is 95.2 Å². The first-order chi connectivity index (χ1) is 16.8. The molecular formula is C28H24FN3O3. The van der Waals surface area contributed by atoms with Crippen molar-refractivity contribution in [3.8, 4) is 34.2 Å². The van der Waals surface area contributed by atoms with E-state index < -0.39 is 17.8 Å². The number of carboxylic acid groups (broad SMARTS) is 1. The molecule has 0 bridgehead atoms. The van der Waals surface area contributed by atoms with Crippen molar-refractivity contribution in [1.82, 2.24) is 4.98 Å². The molecule has 0 aliphatic carbocycles. The van der Waals surface area contributed by atoms with E-state index in [0.717, 1.165) is 28.0 Å². The van der Waals surface area contributed by atoms with Crippen LogP contribution >= 0.6 is 0 Å². The predicted octanol–water partition coefficient (Wildman–Crippen LogP) is 6.17. The first kappa shape index (κ1) is 23.7. The maximum Gasteiger partial charge on any atom is 0.325 e. The SMILES string of the molecule is CCOc1ccccc1-c1ccc(-c2nc3ccc(F)cc3c(N[C@H](C)C(=O)O)c2C#N)c(C)c1. The number of aryl methyl sites for hydroxylation is 1. The van der Waals surface area contributed by atoms with Crippen LogP contribution in [-0.4, -0.2) is 28.7 Å². The van der Waals surface area contributed by atoms with Crippen molar-refractivity contribution in [3.05, 3.63) is 77.6 Å².